The average Bonchev–Trinajstić information content (AvgIpc) is 2.97. The first kappa shape index (κ1) is 20.8. The molecule has 0 N–H and O–H groups in total. The zero-order chi connectivity index (χ0) is 20.6. The summed E-state index contributed by atoms with van der Waals surface area (Å²) < 4.78 is 32.8. The Kier molecular flexibility index (Phi) is 5.62. The molecule has 9 nitrogen and oxygen atoms in total. The number of hydrogen-bond acceptors (Lipinski definition) is 6. The van der Waals surface area contributed by atoms with Crippen LogP contribution in [0.1, 0.15) is 40.4 Å². The van der Waals surface area contributed by atoms with Gasteiger partial charge in [-0.1, -0.05) is 34.6 Å². The number of nitro benzene ring substituents is 1. The van der Waals surface area contributed by atoms with Gasteiger partial charge in [-0.25, -0.2) is 8.42 Å². The van der Waals surface area contributed by atoms with E-state index in [1.807, 2.05) is 20.8 Å². The van der Waals surface area contributed by atoms with Crippen LogP contribution >= 0.6 is 0 Å². The Bertz CT molecular complexity index is 1010. The van der Waals surface area contributed by atoms with Crippen molar-refractivity contribution in [1.82, 2.24) is 9.05 Å². The van der Waals surface area contributed by atoms with Crippen LogP contribution in [0.4, 0.5) is 5.69 Å². The lowest BCUT2D eigenvalue weighted by atomic mass is 9.94. The molecular formula is C17H23N3O6S. The molecule has 0 aliphatic heterocycles. The number of nitro groups is 1. The molecule has 0 unspecified atom stereocenters. The van der Waals surface area contributed by atoms with Crippen molar-refractivity contribution < 1.29 is 17.9 Å². The van der Waals surface area contributed by atoms with Gasteiger partial charge in [0.15, 0.2) is 5.69 Å². The fourth-order valence-electron chi connectivity index (χ4n) is 2.56. The molecule has 0 amide bonds. The van der Waals surface area contributed by atoms with Gasteiger partial charge in [-0.3, -0.25) is 14.9 Å². The number of sulfonamides is 1. The Morgan fingerprint density at radius 3 is 2.22 bits per heavy atom. The quantitative estimate of drug-likeness (QED) is 0.546. The highest BCUT2D eigenvalue weighted by atomic mass is 32.2. The Morgan fingerprint density at radius 2 is 1.78 bits per heavy atom. The maximum atomic E-state index is 12.6. The van der Waals surface area contributed by atoms with Crippen LogP contribution in [-0.4, -0.2) is 35.5 Å². The molecule has 2 aromatic rings. The summed E-state index contributed by atoms with van der Waals surface area (Å²) in [5.74, 6) is 0.363. The van der Waals surface area contributed by atoms with Gasteiger partial charge < -0.3 is 4.52 Å². The number of rotatable bonds is 6. The molecule has 0 radical (unpaired) electrons. The van der Waals surface area contributed by atoms with Gasteiger partial charge in [0.1, 0.15) is 5.76 Å². The standard InChI is InChI=1S/C17H23N3O6S/c1-6-18(7-2)27(24,25)12-8-9-13(14(10-12)20(22)23)19-16(21)11-15(26-19)17(3,4)5/h8-11H,6-7H2,1-5H3. The summed E-state index contributed by atoms with van der Waals surface area (Å²) in [4.78, 5) is 22.9. The molecule has 148 valence electrons. The Labute approximate surface area is 157 Å². The fourth-order valence-corrected chi connectivity index (χ4v) is 4.03. The predicted molar refractivity (Wildman–Crippen MR) is 99.8 cm³/mol. The van der Waals surface area contributed by atoms with Crippen molar-refractivity contribution in [3.63, 3.8) is 0 Å². The van der Waals surface area contributed by atoms with E-state index in [1.54, 1.807) is 13.8 Å². The van der Waals surface area contributed by atoms with Gasteiger partial charge in [-0.2, -0.15) is 4.31 Å². The molecule has 1 aromatic heterocycles. The van der Waals surface area contributed by atoms with Crippen molar-refractivity contribution >= 4 is 15.7 Å². The lowest BCUT2D eigenvalue weighted by molar-refractivity contribution is -0.385. The molecule has 0 saturated heterocycles. The molecule has 2 rings (SSSR count). The minimum absolute atomic E-state index is 0.126. The van der Waals surface area contributed by atoms with Crippen molar-refractivity contribution in [2.75, 3.05) is 13.1 Å². The molecular weight excluding hydrogens is 374 g/mol. The third-order valence-corrected chi connectivity index (χ3v) is 6.14. The van der Waals surface area contributed by atoms with E-state index in [9.17, 15) is 23.3 Å². The summed E-state index contributed by atoms with van der Waals surface area (Å²) in [5.41, 5.74) is -1.69. The second kappa shape index (κ2) is 7.28. The molecule has 1 heterocycles. The van der Waals surface area contributed by atoms with Crippen molar-refractivity contribution in [3.05, 3.63) is 50.5 Å². The van der Waals surface area contributed by atoms with E-state index < -0.39 is 31.6 Å². The molecule has 0 saturated carbocycles. The van der Waals surface area contributed by atoms with Gasteiger partial charge >= 0.3 is 0 Å². The molecule has 0 spiro atoms. The van der Waals surface area contributed by atoms with Crippen molar-refractivity contribution in [2.24, 2.45) is 0 Å². The molecule has 0 aliphatic rings. The van der Waals surface area contributed by atoms with E-state index >= 15 is 0 Å². The zero-order valence-electron chi connectivity index (χ0n) is 15.9. The lowest BCUT2D eigenvalue weighted by Gasteiger charge is -2.18. The molecule has 0 aliphatic carbocycles. The SMILES string of the molecule is CCN(CC)S(=O)(=O)c1ccc(-n2oc(C(C)(C)C)cc2=O)c([N+](=O)[O-])c1. The average molecular weight is 397 g/mol. The summed E-state index contributed by atoms with van der Waals surface area (Å²) >= 11 is 0. The molecule has 10 heteroatoms. The van der Waals surface area contributed by atoms with E-state index in [4.69, 9.17) is 4.52 Å². The largest absolute Gasteiger partial charge is 0.375 e. The first-order chi connectivity index (χ1) is 12.4. The summed E-state index contributed by atoms with van der Waals surface area (Å²) in [7, 11) is -3.87. The van der Waals surface area contributed by atoms with Crippen LogP contribution in [-0.2, 0) is 15.4 Å². The van der Waals surface area contributed by atoms with Gasteiger partial charge in [0.05, 0.1) is 9.82 Å². The normalized spacial score (nSPS) is 12.5. The van der Waals surface area contributed by atoms with E-state index in [0.717, 1.165) is 10.8 Å². The second-order valence-corrected chi connectivity index (χ2v) is 8.92. The Hall–Kier alpha value is -2.46. The monoisotopic (exact) mass is 397 g/mol. The van der Waals surface area contributed by atoms with Crippen molar-refractivity contribution in [3.8, 4) is 5.69 Å². The van der Waals surface area contributed by atoms with Gasteiger partial charge in [-0.15, -0.1) is 4.74 Å². The molecule has 0 fully saturated rings. The number of hydrogen-bond donors (Lipinski definition) is 0. The van der Waals surface area contributed by atoms with E-state index in [0.29, 0.717) is 5.76 Å². The smallest absolute Gasteiger partial charge is 0.297 e. The van der Waals surface area contributed by atoms with Gasteiger partial charge in [-0.05, 0) is 12.1 Å². The fraction of sp³-hybridized carbons (Fsp3) is 0.471. The third kappa shape index (κ3) is 3.96. The van der Waals surface area contributed by atoms with Gasteiger partial charge in [0, 0.05) is 30.6 Å². The van der Waals surface area contributed by atoms with E-state index in [1.165, 1.54) is 22.5 Å². The zero-order valence-corrected chi connectivity index (χ0v) is 16.7. The minimum Gasteiger partial charge on any atom is -0.375 e. The number of aromatic nitrogens is 1. The second-order valence-electron chi connectivity index (χ2n) is 6.98. The van der Waals surface area contributed by atoms with Crippen LogP contribution in [0.25, 0.3) is 5.69 Å². The van der Waals surface area contributed by atoms with Crippen LogP contribution in [0.15, 0.2) is 38.5 Å². The first-order valence-electron chi connectivity index (χ1n) is 8.46. The van der Waals surface area contributed by atoms with Gasteiger partial charge in [0.25, 0.3) is 11.2 Å². The highest BCUT2D eigenvalue weighted by molar-refractivity contribution is 7.89. The maximum absolute atomic E-state index is 12.6. The summed E-state index contributed by atoms with van der Waals surface area (Å²) in [6.07, 6.45) is 0. The van der Waals surface area contributed by atoms with Crippen LogP contribution in [0.5, 0.6) is 0 Å². The van der Waals surface area contributed by atoms with Crippen LogP contribution < -0.4 is 5.56 Å². The van der Waals surface area contributed by atoms with E-state index in [2.05, 4.69) is 0 Å². The molecule has 0 atom stereocenters. The lowest BCUT2D eigenvalue weighted by Crippen LogP contribution is -2.30. The van der Waals surface area contributed by atoms with Crippen molar-refractivity contribution in [1.29, 1.82) is 0 Å². The minimum atomic E-state index is -3.87. The number of benzene rings is 1. The van der Waals surface area contributed by atoms with Crippen LogP contribution in [0, 0.1) is 10.1 Å². The maximum Gasteiger partial charge on any atom is 0.297 e. The predicted octanol–water partition coefficient (Wildman–Crippen LogP) is 2.67. The van der Waals surface area contributed by atoms with Crippen LogP contribution in [0.3, 0.4) is 0 Å². The van der Waals surface area contributed by atoms with Gasteiger partial charge in [0.2, 0.25) is 10.0 Å². The molecule has 0 bridgehead atoms. The first-order valence-corrected chi connectivity index (χ1v) is 9.90. The third-order valence-electron chi connectivity index (χ3n) is 4.09. The van der Waals surface area contributed by atoms with Crippen molar-refractivity contribution in [2.45, 2.75) is 44.9 Å². The Morgan fingerprint density at radius 1 is 1.19 bits per heavy atom. The topological polar surface area (TPSA) is 116 Å². The summed E-state index contributed by atoms with van der Waals surface area (Å²) in [6, 6.07) is 4.67. The number of nitrogens with zero attached hydrogens (tertiary/aromatic N) is 3. The summed E-state index contributed by atoms with van der Waals surface area (Å²) in [6.45, 7) is 9.35. The summed E-state index contributed by atoms with van der Waals surface area (Å²) in [5, 5.41) is 11.5. The molecule has 1 aromatic carbocycles. The highest BCUT2D eigenvalue weighted by Crippen LogP contribution is 2.29. The van der Waals surface area contributed by atoms with Crippen LogP contribution in [0.2, 0.25) is 0 Å². The highest BCUT2D eigenvalue weighted by Gasteiger charge is 2.28. The Balaban J connectivity index is 2.67. The molecule has 27 heavy (non-hydrogen) atoms. The van der Waals surface area contributed by atoms with E-state index in [-0.39, 0.29) is 23.7 Å².